The first-order chi connectivity index (χ1) is 4.86. The highest BCUT2D eigenvalue weighted by atomic mass is 32.2. The van der Waals surface area contributed by atoms with Gasteiger partial charge in [0.1, 0.15) is 0 Å². The lowest BCUT2D eigenvalue weighted by Gasteiger charge is -1.95. The fourth-order valence-electron chi connectivity index (χ4n) is 0.777. The SMILES string of the molecule is CCc1ccc(SF)cc1. The third-order valence-electron chi connectivity index (χ3n) is 1.42. The van der Waals surface area contributed by atoms with E-state index < -0.39 is 0 Å². The number of aryl methyl sites for hydroxylation is 1. The molecule has 1 aromatic rings. The van der Waals surface area contributed by atoms with E-state index in [1.54, 1.807) is 12.1 Å². The normalized spacial score (nSPS) is 9.80. The summed E-state index contributed by atoms with van der Waals surface area (Å²) in [7, 11) is 0. The number of hydrogen-bond donors (Lipinski definition) is 0. The van der Waals surface area contributed by atoms with E-state index in [4.69, 9.17) is 0 Å². The van der Waals surface area contributed by atoms with Gasteiger partial charge in [0.05, 0.1) is 12.1 Å². The number of rotatable bonds is 2. The molecule has 0 saturated heterocycles. The highest BCUT2D eigenvalue weighted by Gasteiger charge is 1.91. The molecule has 0 atom stereocenters. The van der Waals surface area contributed by atoms with E-state index in [0.717, 1.165) is 6.42 Å². The Bertz CT molecular complexity index is 170. The number of hydrogen-bond acceptors (Lipinski definition) is 1. The van der Waals surface area contributed by atoms with Gasteiger partial charge in [0.25, 0.3) is 0 Å². The molecule has 0 aliphatic rings. The van der Waals surface area contributed by atoms with Gasteiger partial charge < -0.3 is 0 Å². The van der Waals surface area contributed by atoms with E-state index in [9.17, 15) is 3.89 Å². The Morgan fingerprint density at radius 2 is 1.90 bits per heavy atom. The Hall–Kier alpha value is -0.500. The average molecular weight is 156 g/mol. The second-order valence-corrected chi connectivity index (χ2v) is 2.70. The van der Waals surface area contributed by atoms with Crippen molar-refractivity contribution in [3.8, 4) is 0 Å². The minimum Gasteiger partial charge on any atom is -0.160 e. The molecule has 10 heavy (non-hydrogen) atoms. The van der Waals surface area contributed by atoms with Gasteiger partial charge in [-0.3, -0.25) is 0 Å². The summed E-state index contributed by atoms with van der Waals surface area (Å²) in [5, 5.41) is 0. The Labute approximate surface area is 64.7 Å². The highest BCUT2D eigenvalue weighted by molar-refractivity contribution is 7.94. The molecule has 0 bridgehead atoms. The molecule has 0 aliphatic heterocycles. The molecule has 0 aliphatic carbocycles. The van der Waals surface area contributed by atoms with Gasteiger partial charge in [-0.1, -0.05) is 19.1 Å². The highest BCUT2D eigenvalue weighted by Crippen LogP contribution is 2.18. The van der Waals surface area contributed by atoms with Crippen molar-refractivity contribution in [3.05, 3.63) is 29.8 Å². The Morgan fingerprint density at radius 1 is 1.30 bits per heavy atom. The Kier molecular flexibility index (Phi) is 2.75. The van der Waals surface area contributed by atoms with E-state index in [-0.39, 0.29) is 12.1 Å². The zero-order valence-electron chi connectivity index (χ0n) is 5.80. The van der Waals surface area contributed by atoms with E-state index in [2.05, 4.69) is 6.92 Å². The van der Waals surface area contributed by atoms with Crippen LogP contribution in [0.4, 0.5) is 3.89 Å². The van der Waals surface area contributed by atoms with E-state index in [1.165, 1.54) is 5.56 Å². The summed E-state index contributed by atoms with van der Waals surface area (Å²) in [4.78, 5) is 0.678. The molecule has 0 fully saturated rings. The molecule has 0 nitrogen and oxygen atoms in total. The largest absolute Gasteiger partial charge is 0.160 e. The van der Waals surface area contributed by atoms with Gasteiger partial charge in [-0.25, -0.2) is 0 Å². The van der Waals surface area contributed by atoms with Gasteiger partial charge >= 0.3 is 0 Å². The molecule has 0 amide bonds. The lowest BCUT2D eigenvalue weighted by molar-refractivity contribution is 0.933. The van der Waals surface area contributed by atoms with Gasteiger partial charge in [-0.15, -0.1) is 0 Å². The molecular formula is C8H9FS. The van der Waals surface area contributed by atoms with Crippen molar-refractivity contribution in [3.63, 3.8) is 0 Å². The summed E-state index contributed by atoms with van der Waals surface area (Å²) >= 11 is 0.288. The summed E-state index contributed by atoms with van der Waals surface area (Å²) in [6, 6.07) is 7.48. The van der Waals surface area contributed by atoms with E-state index >= 15 is 0 Å². The van der Waals surface area contributed by atoms with Crippen LogP contribution in [0.5, 0.6) is 0 Å². The van der Waals surface area contributed by atoms with Crippen molar-refractivity contribution in [1.82, 2.24) is 0 Å². The monoisotopic (exact) mass is 156 g/mol. The molecule has 0 aromatic heterocycles. The average Bonchev–Trinajstić information content (AvgIpc) is 2.05. The van der Waals surface area contributed by atoms with E-state index in [0.29, 0.717) is 4.90 Å². The molecule has 0 spiro atoms. The number of halogens is 1. The Morgan fingerprint density at radius 3 is 2.30 bits per heavy atom. The summed E-state index contributed by atoms with van der Waals surface area (Å²) in [6.07, 6.45) is 1.01. The lowest BCUT2D eigenvalue weighted by Crippen LogP contribution is -1.76. The van der Waals surface area contributed by atoms with Crippen LogP contribution >= 0.6 is 12.1 Å². The first kappa shape index (κ1) is 7.61. The van der Waals surface area contributed by atoms with Crippen molar-refractivity contribution in [2.24, 2.45) is 0 Å². The zero-order chi connectivity index (χ0) is 7.40. The first-order valence-corrected chi connectivity index (χ1v) is 3.96. The van der Waals surface area contributed by atoms with Crippen molar-refractivity contribution >= 4 is 12.1 Å². The third kappa shape index (κ3) is 1.74. The molecule has 0 heterocycles. The van der Waals surface area contributed by atoms with Crippen LogP contribution in [0, 0.1) is 0 Å². The van der Waals surface area contributed by atoms with Crippen molar-refractivity contribution in [2.45, 2.75) is 18.2 Å². The third-order valence-corrected chi connectivity index (χ3v) is 1.87. The van der Waals surface area contributed by atoms with Crippen LogP contribution in [0.1, 0.15) is 12.5 Å². The van der Waals surface area contributed by atoms with E-state index in [1.807, 2.05) is 12.1 Å². The zero-order valence-corrected chi connectivity index (χ0v) is 6.62. The van der Waals surface area contributed by atoms with Gasteiger partial charge in [-0.2, -0.15) is 3.89 Å². The van der Waals surface area contributed by atoms with Crippen molar-refractivity contribution in [1.29, 1.82) is 0 Å². The molecule has 1 aromatic carbocycles. The van der Waals surface area contributed by atoms with Gasteiger partial charge in [-0.05, 0) is 24.1 Å². The summed E-state index contributed by atoms with van der Waals surface area (Å²) < 4.78 is 11.9. The van der Waals surface area contributed by atoms with Gasteiger partial charge in [0.15, 0.2) is 0 Å². The van der Waals surface area contributed by atoms with Crippen LogP contribution in [0.2, 0.25) is 0 Å². The molecule has 2 heteroatoms. The number of benzene rings is 1. The van der Waals surface area contributed by atoms with Crippen LogP contribution < -0.4 is 0 Å². The second kappa shape index (κ2) is 3.62. The van der Waals surface area contributed by atoms with Gasteiger partial charge in [0, 0.05) is 4.90 Å². The van der Waals surface area contributed by atoms with Crippen molar-refractivity contribution < 1.29 is 3.89 Å². The van der Waals surface area contributed by atoms with Crippen molar-refractivity contribution in [2.75, 3.05) is 0 Å². The molecular weight excluding hydrogens is 147 g/mol. The molecule has 0 saturated carbocycles. The summed E-state index contributed by atoms with van der Waals surface area (Å²) in [5.74, 6) is 0. The summed E-state index contributed by atoms with van der Waals surface area (Å²) in [5.41, 5.74) is 1.25. The molecule has 1 rings (SSSR count). The fourth-order valence-corrected chi connectivity index (χ4v) is 1.02. The molecule has 0 radical (unpaired) electrons. The lowest BCUT2D eigenvalue weighted by atomic mass is 10.2. The summed E-state index contributed by atoms with van der Waals surface area (Å²) in [6.45, 7) is 2.08. The van der Waals surface area contributed by atoms with Crippen LogP contribution in [0.15, 0.2) is 29.2 Å². The fraction of sp³-hybridized carbons (Fsp3) is 0.250. The maximum absolute atomic E-state index is 11.9. The first-order valence-electron chi connectivity index (χ1n) is 3.24. The maximum Gasteiger partial charge on any atom is 0.0812 e. The minimum absolute atomic E-state index is 0.288. The topological polar surface area (TPSA) is 0 Å². The smallest absolute Gasteiger partial charge is 0.0812 e. The second-order valence-electron chi connectivity index (χ2n) is 2.07. The van der Waals surface area contributed by atoms with Crippen LogP contribution in [-0.4, -0.2) is 0 Å². The minimum atomic E-state index is 0.288. The maximum atomic E-state index is 11.9. The predicted molar refractivity (Wildman–Crippen MR) is 42.8 cm³/mol. The van der Waals surface area contributed by atoms with Crippen LogP contribution in [0.25, 0.3) is 0 Å². The van der Waals surface area contributed by atoms with Crippen LogP contribution in [-0.2, 0) is 6.42 Å². The Balaban J connectivity index is 2.80. The van der Waals surface area contributed by atoms with Gasteiger partial charge in [0.2, 0.25) is 0 Å². The van der Waals surface area contributed by atoms with Crippen LogP contribution in [0.3, 0.4) is 0 Å². The molecule has 0 N–H and O–H groups in total. The predicted octanol–water partition coefficient (Wildman–Crippen LogP) is 3.23. The molecule has 54 valence electrons. The standard InChI is InChI=1S/C8H9FS/c1-2-7-3-5-8(10-9)6-4-7/h3-6H,2H2,1H3. The molecule has 0 unspecified atom stereocenters. The quantitative estimate of drug-likeness (QED) is 0.633.